The highest BCUT2D eigenvalue weighted by molar-refractivity contribution is 5.98. The number of nitrogen functional groups attached to an aromatic ring is 1. The van der Waals surface area contributed by atoms with Crippen molar-refractivity contribution in [2.45, 2.75) is 6.92 Å². The molecule has 3 aromatic heterocycles. The van der Waals surface area contributed by atoms with Gasteiger partial charge in [-0.2, -0.15) is 0 Å². The van der Waals surface area contributed by atoms with E-state index in [2.05, 4.69) is 15.1 Å². The molecule has 5 nitrogen and oxygen atoms in total. The Balaban J connectivity index is 2.39. The Labute approximate surface area is 97.3 Å². The first-order valence-electron chi connectivity index (χ1n) is 5.18. The predicted octanol–water partition coefficient (Wildman–Crippen LogP) is 2.18. The zero-order valence-electron chi connectivity index (χ0n) is 9.21. The number of fused-ring (bicyclic) bond motifs is 1. The van der Waals surface area contributed by atoms with Crippen molar-refractivity contribution in [3.63, 3.8) is 0 Å². The van der Waals surface area contributed by atoms with E-state index in [1.165, 1.54) is 0 Å². The molecule has 0 spiro atoms. The van der Waals surface area contributed by atoms with Gasteiger partial charge in [-0.3, -0.25) is 4.98 Å². The van der Waals surface area contributed by atoms with Gasteiger partial charge in [0.15, 0.2) is 5.82 Å². The highest BCUT2D eigenvalue weighted by Crippen LogP contribution is 2.31. The zero-order valence-corrected chi connectivity index (χ0v) is 9.21. The third-order valence-electron chi connectivity index (χ3n) is 2.57. The van der Waals surface area contributed by atoms with E-state index in [-0.39, 0.29) is 0 Å². The summed E-state index contributed by atoms with van der Waals surface area (Å²) in [5.74, 6) is 0.353. The van der Waals surface area contributed by atoms with Gasteiger partial charge in [0.25, 0.3) is 5.71 Å². The zero-order chi connectivity index (χ0) is 11.8. The summed E-state index contributed by atoms with van der Waals surface area (Å²) in [7, 11) is 0. The third-order valence-corrected chi connectivity index (χ3v) is 2.57. The number of aromatic nitrogens is 3. The summed E-state index contributed by atoms with van der Waals surface area (Å²) in [6, 6.07) is 5.79. The minimum atomic E-state index is 0.353. The Bertz CT molecular complexity index is 676. The summed E-state index contributed by atoms with van der Waals surface area (Å²) in [5.41, 5.74) is 9.03. The fraction of sp³-hybridized carbons (Fsp3) is 0.0833. The number of nitrogens with zero attached hydrogens (tertiary/aromatic N) is 3. The average Bonchev–Trinajstić information content (AvgIpc) is 2.71. The number of rotatable bonds is 1. The maximum atomic E-state index is 5.80. The van der Waals surface area contributed by atoms with Crippen LogP contribution in [0.4, 0.5) is 5.82 Å². The second kappa shape index (κ2) is 3.55. The minimum absolute atomic E-state index is 0.353. The maximum absolute atomic E-state index is 5.80. The standard InChI is InChI=1S/C12H10N4O/c1-7-5-9(8-3-2-4-14-6-8)10-11(13)16-17-12(10)15-7/h2-6H,1H3,(H2,13,16). The summed E-state index contributed by atoms with van der Waals surface area (Å²) in [6.45, 7) is 1.90. The minimum Gasteiger partial charge on any atom is -0.380 e. The van der Waals surface area contributed by atoms with Gasteiger partial charge < -0.3 is 10.3 Å². The maximum Gasteiger partial charge on any atom is 0.260 e. The highest BCUT2D eigenvalue weighted by atomic mass is 16.5. The number of pyridine rings is 2. The smallest absolute Gasteiger partial charge is 0.260 e. The van der Waals surface area contributed by atoms with Crippen LogP contribution in [0.15, 0.2) is 35.1 Å². The van der Waals surface area contributed by atoms with Gasteiger partial charge in [-0.15, -0.1) is 0 Å². The van der Waals surface area contributed by atoms with Crippen molar-refractivity contribution in [2.24, 2.45) is 0 Å². The molecule has 0 amide bonds. The van der Waals surface area contributed by atoms with E-state index in [0.717, 1.165) is 22.2 Å². The topological polar surface area (TPSA) is 77.8 Å². The summed E-state index contributed by atoms with van der Waals surface area (Å²) in [4.78, 5) is 8.35. The van der Waals surface area contributed by atoms with Crippen LogP contribution in [0.2, 0.25) is 0 Å². The first kappa shape index (κ1) is 9.77. The van der Waals surface area contributed by atoms with E-state index in [9.17, 15) is 0 Å². The molecular weight excluding hydrogens is 216 g/mol. The quantitative estimate of drug-likeness (QED) is 0.688. The Morgan fingerprint density at radius 2 is 2.24 bits per heavy atom. The van der Waals surface area contributed by atoms with Gasteiger partial charge in [-0.25, -0.2) is 4.98 Å². The van der Waals surface area contributed by atoms with E-state index >= 15 is 0 Å². The average molecular weight is 226 g/mol. The third kappa shape index (κ3) is 1.52. The molecule has 0 bridgehead atoms. The van der Waals surface area contributed by atoms with Crippen molar-refractivity contribution in [3.05, 3.63) is 36.3 Å². The highest BCUT2D eigenvalue weighted by Gasteiger charge is 2.13. The Hall–Kier alpha value is -2.43. The predicted molar refractivity (Wildman–Crippen MR) is 64.2 cm³/mol. The van der Waals surface area contributed by atoms with Crippen LogP contribution in [0.25, 0.3) is 22.2 Å². The molecule has 0 fully saturated rings. The molecule has 0 unspecified atom stereocenters. The van der Waals surface area contributed by atoms with E-state index in [1.807, 2.05) is 25.1 Å². The molecule has 3 aromatic rings. The van der Waals surface area contributed by atoms with Crippen LogP contribution < -0.4 is 5.73 Å². The van der Waals surface area contributed by atoms with Crippen LogP contribution in [0.3, 0.4) is 0 Å². The normalized spacial score (nSPS) is 10.9. The Morgan fingerprint density at radius 1 is 1.35 bits per heavy atom. The van der Waals surface area contributed by atoms with Crippen molar-refractivity contribution in [1.29, 1.82) is 0 Å². The van der Waals surface area contributed by atoms with Crippen LogP contribution in [0.5, 0.6) is 0 Å². The second-order valence-corrected chi connectivity index (χ2v) is 3.80. The molecule has 3 rings (SSSR count). The van der Waals surface area contributed by atoms with Gasteiger partial charge in [0.1, 0.15) is 0 Å². The number of nitrogens with two attached hydrogens (primary N) is 1. The van der Waals surface area contributed by atoms with Crippen LogP contribution in [0, 0.1) is 6.92 Å². The molecule has 84 valence electrons. The summed E-state index contributed by atoms with van der Waals surface area (Å²) < 4.78 is 5.09. The molecule has 17 heavy (non-hydrogen) atoms. The second-order valence-electron chi connectivity index (χ2n) is 3.80. The number of anilines is 1. The fourth-order valence-corrected chi connectivity index (χ4v) is 1.85. The largest absolute Gasteiger partial charge is 0.380 e. The van der Waals surface area contributed by atoms with Crippen LogP contribution in [0.1, 0.15) is 5.69 Å². The lowest BCUT2D eigenvalue weighted by Crippen LogP contribution is -1.90. The molecule has 0 aliphatic rings. The van der Waals surface area contributed by atoms with Gasteiger partial charge in [0.2, 0.25) is 0 Å². The molecule has 0 aliphatic heterocycles. The molecule has 2 N–H and O–H groups in total. The molecular formula is C12H10N4O. The molecule has 0 atom stereocenters. The molecule has 3 heterocycles. The first-order chi connectivity index (χ1) is 8.25. The van der Waals surface area contributed by atoms with Gasteiger partial charge in [-0.1, -0.05) is 11.2 Å². The summed E-state index contributed by atoms with van der Waals surface area (Å²) >= 11 is 0. The monoisotopic (exact) mass is 226 g/mol. The van der Waals surface area contributed by atoms with Crippen molar-refractivity contribution in [1.82, 2.24) is 15.1 Å². The molecule has 0 aliphatic carbocycles. The number of hydrogen-bond donors (Lipinski definition) is 1. The Morgan fingerprint density at radius 3 is 3.00 bits per heavy atom. The fourth-order valence-electron chi connectivity index (χ4n) is 1.85. The molecule has 0 aromatic carbocycles. The van der Waals surface area contributed by atoms with E-state index in [1.54, 1.807) is 12.4 Å². The number of aryl methyl sites for hydroxylation is 1. The Kier molecular flexibility index (Phi) is 2.04. The lowest BCUT2D eigenvalue weighted by molar-refractivity contribution is 0.452. The molecule has 5 heteroatoms. The van der Waals surface area contributed by atoms with Crippen molar-refractivity contribution >= 4 is 16.9 Å². The van der Waals surface area contributed by atoms with Gasteiger partial charge in [0.05, 0.1) is 5.39 Å². The van der Waals surface area contributed by atoms with Crippen LogP contribution >= 0.6 is 0 Å². The van der Waals surface area contributed by atoms with Crippen molar-refractivity contribution in [3.8, 4) is 11.1 Å². The van der Waals surface area contributed by atoms with E-state index in [0.29, 0.717) is 11.5 Å². The SMILES string of the molecule is Cc1cc(-c2cccnc2)c2c(N)noc2n1. The van der Waals surface area contributed by atoms with Crippen molar-refractivity contribution in [2.75, 3.05) is 5.73 Å². The summed E-state index contributed by atoms with van der Waals surface area (Å²) in [5, 5.41) is 4.48. The molecule has 0 radical (unpaired) electrons. The van der Waals surface area contributed by atoms with Gasteiger partial charge in [0, 0.05) is 29.2 Å². The first-order valence-corrected chi connectivity index (χ1v) is 5.18. The summed E-state index contributed by atoms with van der Waals surface area (Å²) in [6.07, 6.45) is 3.51. The lowest BCUT2D eigenvalue weighted by Gasteiger charge is -2.03. The van der Waals surface area contributed by atoms with E-state index < -0.39 is 0 Å². The van der Waals surface area contributed by atoms with E-state index in [4.69, 9.17) is 10.3 Å². The lowest BCUT2D eigenvalue weighted by atomic mass is 10.0. The van der Waals surface area contributed by atoms with Crippen LogP contribution in [-0.4, -0.2) is 15.1 Å². The van der Waals surface area contributed by atoms with Gasteiger partial charge >= 0.3 is 0 Å². The molecule has 0 saturated carbocycles. The van der Waals surface area contributed by atoms with Crippen LogP contribution in [-0.2, 0) is 0 Å². The van der Waals surface area contributed by atoms with Gasteiger partial charge in [-0.05, 0) is 19.1 Å². The molecule has 0 saturated heterocycles. The van der Waals surface area contributed by atoms with Crippen molar-refractivity contribution < 1.29 is 4.52 Å². The number of hydrogen-bond acceptors (Lipinski definition) is 5.